The Labute approximate surface area is 118 Å². The van der Waals surface area contributed by atoms with Gasteiger partial charge in [0.1, 0.15) is 0 Å². The van der Waals surface area contributed by atoms with Gasteiger partial charge in [-0.3, -0.25) is 4.79 Å². The molecule has 4 nitrogen and oxygen atoms in total. The quantitative estimate of drug-likeness (QED) is 0.792. The first-order valence-electron chi connectivity index (χ1n) is 6.67. The first kappa shape index (κ1) is 14.2. The Hall–Kier alpha value is -1.26. The monoisotopic (exact) mass is 281 g/mol. The van der Waals surface area contributed by atoms with Crippen LogP contribution >= 0.6 is 11.6 Å². The van der Waals surface area contributed by atoms with Crippen LogP contribution in [0.2, 0.25) is 5.02 Å². The SMILES string of the molecule is NCC1CCCCC1Nc1cc(C(N)=O)ccc1Cl. The van der Waals surface area contributed by atoms with Gasteiger partial charge in [-0.1, -0.05) is 24.4 Å². The van der Waals surface area contributed by atoms with Gasteiger partial charge in [-0.15, -0.1) is 0 Å². The summed E-state index contributed by atoms with van der Waals surface area (Å²) in [6, 6.07) is 5.37. The maximum atomic E-state index is 11.2. The summed E-state index contributed by atoms with van der Waals surface area (Å²) >= 11 is 6.17. The number of nitrogens with one attached hydrogen (secondary N) is 1. The Kier molecular flexibility index (Phi) is 4.66. The van der Waals surface area contributed by atoms with E-state index in [1.807, 2.05) is 0 Å². The van der Waals surface area contributed by atoms with Crippen molar-refractivity contribution in [2.75, 3.05) is 11.9 Å². The molecule has 1 aromatic carbocycles. The van der Waals surface area contributed by atoms with Gasteiger partial charge in [0, 0.05) is 11.6 Å². The van der Waals surface area contributed by atoms with E-state index >= 15 is 0 Å². The molecule has 0 radical (unpaired) electrons. The molecule has 5 N–H and O–H groups in total. The predicted molar refractivity (Wildman–Crippen MR) is 78.4 cm³/mol. The first-order chi connectivity index (χ1) is 9.11. The summed E-state index contributed by atoms with van der Waals surface area (Å²) in [5, 5.41) is 4.03. The van der Waals surface area contributed by atoms with Crippen molar-refractivity contribution in [2.24, 2.45) is 17.4 Å². The molecule has 1 fully saturated rings. The van der Waals surface area contributed by atoms with Crippen molar-refractivity contribution in [2.45, 2.75) is 31.7 Å². The summed E-state index contributed by atoms with van der Waals surface area (Å²) in [6.07, 6.45) is 4.65. The second kappa shape index (κ2) is 6.26. The molecule has 1 aliphatic rings. The van der Waals surface area contributed by atoms with Crippen LogP contribution in [-0.2, 0) is 0 Å². The molecule has 0 aliphatic heterocycles. The van der Waals surface area contributed by atoms with E-state index in [1.54, 1.807) is 18.2 Å². The number of hydrogen-bond acceptors (Lipinski definition) is 3. The van der Waals surface area contributed by atoms with E-state index in [0.717, 1.165) is 18.5 Å². The summed E-state index contributed by atoms with van der Waals surface area (Å²) in [4.78, 5) is 11.2. The zero-order chi connectivity index (χ0) is 13.8. The molecule has 2 rings (SSSR count). The van der Waals surface area contributed by atoms with E-state index in [4.69, 9.17) is 23.1 Å². The van der Waals surface area contributed by atoms with Gasteiger partial charge in [-0.05, 0) is 43.5 Å². The third-order valence-corrected chi connectivity index (χ3v) is 4.13. The Balaban J connectivity index is 2.17. The lowest BCUT2D eigenvalue weighted by Crippen LogP contribution is -2.36. The van der Waals surface area contributed by atoms with Crippen LogP contribution in [0, 0.1) is 5.92 Å². The van der Waals surface area contributed by atoms with Gasteiger partial charge in [0.05, 0.1) is 10.7 Å². The maximum Gasteiger partial charge on any atom is 0.248 e. The number of amides is 1. The molecule has 5 heteroatoms. The van der Waals surface area contributed by atoms with Crippen LogP contribution in [-0.4, -0.2) is 18.5 Å². The van der Waals surface area contributed by atoms with E-state index in [-0.39, 0.29) is 0 Å². The van der Waals surface area contributed by atoms with Gasteiger partial charge >= 0.3 is 0 Å². The minimum Gasteiger partial charge on any atom is -0.381 e. The molecular weight excluding hydrogens is 262 g/mol. The summed E-state index contributed by atoms with van der Waals surface area (Å²) in [6.45, 7) is 0.671. The number of nitrogens with two attached hydrogens (primary N) is 2. The Morgan fingerprint density at radius 2 is 2.11 bits per heavy atom. The molecule has 1 aromatic rings. The van der Waals surface area contributed by atoms with Crippen LogP contribution in [0.4, 0.5) is 5.69 Å². The average molecular weight is 282 g/mol. The summed E-state index contributed by atoms with van der Waals surface area (Å²) in [5.74, 6) is 0.0146. The van der Waals surface area contributed by atoms with Crippen molar-refractivity contribution in [3.8, 4) is 0 Å². The van der Waals surface area contributed by atoms with Crippen LogP contribution in [0.1, 0.15) is 36.0 Å². The largest absolute Gasteiger partial charge is 0.381 e. The summed E-state index contributed by atoms with van der Waals surface area (Å²) in [7, 11) is 0. The minimum absolute atomic E-state index is 0.319. The number of carbonyl (C=O) groups is 1. The highest BCUT2D eigenvalue weighted by atomic mass is 35.5. The fourth-order valence-electron chi connectivity index (χ4n) is 2.67. The van der Waals surface area contributed by atoms with E-state index < -0.39 is 5.91 Å². The molecule has 0 saturated heterocycles. The molecule has 0 heterocycles. The van der Waals surface area contributed by atoms with Crippen molar-refractivity contribution in [1.29, 1.82) is 0 Å². The third kappa shape index (κ3) is 3.39. The summed E-state index contributed by atoms with van der Waals surface area (Å²) < 4.78 is 0. The Morgan fingerprint density at radius 3 is 2.79 bits per heavy atom. The number of benzene rings is 1. The molecule has 1 aliphatic carbocycles. The van der Waals surface area contributed by atoms with E-state index in [1.165, 1.54) is 12.8 Å². The van der Waals surface area contributed by atoms with Crippen LogP contribution in [0.15, 0.2) is 18.2 Å². The Morgan fingerprint density at radius 1 is 1.37 bits per heavy atom. The van der Waals surface area contributed by atoms with E-state index in [9.17, 15) is 4.79 Å². The number of primary amides is 1. The minimum atomic E-state index is -0.446. The zero-order valence-corrected chi connectivity index (χ0v) is 11.6. The molecule has 0 spiro atoms. The first-order valence-corrected chi connectivity index (χ1v) is 7.05. The molecule has 19 heavy (non-hydrogen) atoms. The van der Waals surface area contributed by atoms with Gasteiger partial charge in [-0.2, -0.15) is 0 Å². The fourth-order valence-corrected chi connectivity index (χ4v) is 2.84. The van der Waals surface area contributed by atoms with Crippen molar-refractivity contribution in [1.82, 2.24) is 0 Å². The lowest BCUT2D eigenvalue weighted by atomic mass is 9.84. The van der Waals surface area contributed by atoms with Gasteiger partial charge in [0.2, 0.25) is 5.91 Å². The molecule has 0 aromatic heterocycles. The second-order valence-corrected chi connectivity index (χ2v) is 5.50. The van der Waals surface area contributed by atoms with Crippen LogP contribution in [0.5, 0.6) is 0 Å². The number of hydrogen-bond donors (Lipinski definition) is 3. The normalized spacial score (nSPS) is 23.1. The highest BCUT2D eigenvalue weighted by Gasteiger charge is 2.24. The van der Waals surface area contributed by atoms with Gasteiger partial charge in [-0.25, -0.2) is 0 Å². The summed E-state index contributed by atoms with van der Waals surface area (Å²) in [5.41, 5.74) is 12.3. The van der Waals surface area contributed by atoms with Gasteiger partial charge in [0.25, 0.3) is 0 Å². The Bertz CT molecular complexity index is 464. The molecule has 2 atom stereocenters. The second-order valence-electron chi connectivity index (χ2n) is 5.09. The van der Waals surface area contributed by atoms with Crippen LogP contribution in [0.3, 0.4) is 0 Å². The highest BCUT2D eigenvalue weighted by molar-refractivity contribution is 6.33. The average Bonchev–Trinajstić information content (AvgIpc) is 2.41. The number of carbonyl (C=O) groups excluding carboxylic acids is 1. The van der Waals surface area contributed by atoms with Crippen LogP contribution in [0.25, 0.3) is 0 Å². The fraction of sp³-hybridized carbons (Fsp3) is 0.500. The molecule has 2 unspecified atom stereocenters. The maximum absolute atomic E-state index is 11.2. The van der Waals surface area contributed by atoms with E-state index in [2.05, 4.69) is 5.32 Å². The van der Waals surface area contributed by atoms with Gasteiger partial charge < -0.3 is 16.8 Å². The van der Waals surface area contributed by atoms with Crippen molar-refractivity contribution >= 4 is 23.2 Å². The number of rotatable bonds is 4. The van der Waals surface area contributed by atoms with Crippen LogP contribution < -0.4 is 16.8 Å². The number of anilines is 1. The molecule has 1 amide bonds. The standard InChI is InChI=1S/C14H20ClN3O/c15-11-6-5-9(14(17)19)7-13(11)18-12-4-2-1-3-10(12)8-16/h5-7,10,12,18H,1-4,8,16H2,(H2,17,19). The van der Waals surface area contributed by atoms with Crippen molar-refractivity contribution in [3.63, 3.8) is 0 Å². The zero-order valence-electron chi connectivity index (χ0n) is 10.9. The van der Waals surface area contributed by atoms with Crippen molar-refractivity contribution in [3.05, 3.63) is 28.8 Å². The molecule has 1 saturated carbocycles. The third-order valence-electron chi connectivity index (χ3n) is 3.80. The predicted octanol–water partition coefficient (Wildman–Crippen LogP) is 2.37. The topological polar surface area (TPSA) is 81.1 Å². The lowest BCUT2D eigenvalue weighted by molar-refractivity contribution is 0.100. The smallest absolute Gasteiger partial charge is 0.248 e. The van der Waals surface area contributed by atoms with Gasteiger partial charge in [0.15, 0.2) is 0 Å². The highest BCUT2D eigenvalue weighted by Crippen LogP contribution is 2.30. The molecule has 104 valence electrons. The molecular formula is C14H20ClN3O. The number of halogens is 1. The molecule has 0 bridgehead atoms. The lowest BCUT2D eigenvalue weighted by Gasteiger charge is -2.32. The van der Waals surface area contributed by atoms with E-state index in [0.29, 0.717) is 29.1 Å². The van der Waals surface area contributed by atoms with Crippen molar-refractivity contribution < 1.29 is 4.79 Å².